The Balaban J connectivity index is 0. The Morgan fingerprint density at radius 2 is 1.75 bits per heavy atom. The summed E-state index contributed by atoms with van der Waals surface area (Å²) >= 11 is 0. The second-order valence-corrected chi connectivity index (χ2v) is 5.48. The van der Waals surface area contributed by atoms with Gasteiger partial charge >= 0.3 is 41.5 Å². The maximum Gasteiger partial charge on any atom is 1.00 e. The molecule has 0 spiro atoms. The van der Waals surface area contributed by atoms with Gasteiger partial charge in [-0.05, 0) is 22.1 Å². The van der Waals surface area contributed by atoms with Crippen LogP contribution in [0.1, 0.15) is 44.8 Å². The number of rotatable bonds is 4. The smallest absolute Gasteiger partial charge is 1.00 e. The first kappa shape index (κ1) is 19.1. The molecular weight excluding hydrogens is 269 g/mol. The number of carboxylic acid groups (broad SMARTS) is 2. The standard InChI is InChI=1S/C14H19NO4.Na.H/c1-14(2,3)9-4-5-10(8(6-9)7-15)11(12(16)17)13(18)19;;/h4-6,11H,7,15H2,1-3H3,(H,16,17)(H,18,19);;/q;+1;-1. The monoisotopic (exact) mass is 289 g/mol. The van der Waals surface area contributed by atoms with Crippen LogP contribution in [0.2, 0.25) is 0 Å². The molecule has 0 aliphatic heterocycles. The van der Waals surface area contributed by atoms with E-state index in [2.05, 4.69) is 0 Å². The van der Waals surface area contributed by atoms with Crippen molar-refractivity contribution >= 4 is 11.9 Å². The van der Waals surface area contributed by atoms with Crippen molar-refractivity contribution in [2.45, 2.75) is 38.6 Å². The van der Waals surface area contributed by atoms with Gasteiger partial charge in [0, 0.05) is 6.54 Å². The van der Waals surface area contributed by atoms with Gasteiger partial charge in [0.15, 0.2) is 5.92 Å². The van der Waals surface area contributed by atoms with E-state index in [1.165, 1.54) is 0 Å². The third-order valence-corrected chi connectivity index (χ3v) is 3.03. The van der Waals surface area contributed by atoms with E-state index in [0.717, 1.165) is 5.56 Å². The second kappa shape index (κ2) is 7.22. The molecule has 4 N–H and O–H groups in total. The van der Waals surface area contributed by atoms with Gasteiger partial charge in [0.05, 0.1) is 0 Å². The number of aliphatic carboxylic acids is 2. The van der Waals surface area contributed by atoms with Crippen molar-refractivity contribution in [2.24, 2.45) is 5.73 Å². The van der Waals surface area contributed by atoms with Crippen molar-refractivity contribution in [2.75, 3.05) is 0 Å². The molecule has 0 aliphatic carbocycles. The van der Waals surface area contributed by atoms with Gasteiger partial charge in [0.2, 0.25) is 0 Å². The van der Waals surface area contributed by atoms with Crippen LogP contribution in [0.3, 0.4) is 0 Å². The number of carboxylic acids is 2. The third-order valence-electron chi connectivity index (χ3n) is 3.03. The molecular formula is C14H20NNaO4. The molecule has 1 rings (SSSR count). The average molecular weight is 289 g/mol. The first-order chi connectivity index (χ1) is 8.68. The van der Waals surface area contributed by atoms with E-state index in [0.29, 0.717) is 5.56 Å². The summed E-state index contributed by atoms with van der Waals surface area (Å²) in [5.41, 5.74) is 7.30. The van der Waals surface area contributed by atoms with Gasteiger partial charge in [-0.15, -0.1) is 0 Å². The van der Waals surface area contributed by atoms with Crippen molar-refractivity contribution in [3.63, 3.8) is 0 Å². The fraction of sp³-hybridized carbons (Fsp3) is 0.429. The number of hydrogen-bond donors (Lipinski definition) is 3. The summed E-state index contributed by atoms with van der Waals surface area (Å²) in [6, 6.07) is 5.09. The molecule has 1 aromatic rings. The van der Waals surface area contributed by atoms with E-state index >= 15 is 0 Å². The van der Waals surface area contributed by atoms with Crippen molar-refractivity contribution < 1.29 is 50.8 Å². The Hall–Kier alpha value is -0.880. The Morgan fingerprint density at radius 1 is 1.25 bits per heavy atom. The quantitative estimate of drug-likeness (QED) is 0.478. The molecule has 0 aromatic heterocycles. The Morgan fingerprint density at radius 3 is 2.10 bits per heavy atom. The van der Waals surface area contributed by atoms with E-state index in [4.69, 9.17) is 15.9 Å². The van der Waals surface area contributed by atoms with Crippen LogP contribution in [0.25, 0.3) is 0 Å². The molecule has 0 heterocycles. The van der Waals surface area contributed by atoms with Crippen LogP contribution >= 0.6 is 0 Å². The minimum atomic E-state index is -1.58. The maximum absolute atomic E-state index is 11.1. The molecule has 0 aliphatic rings. The first-order valence-corrected chi connectivity index (χ1v) is 5.97. The van der Waals surface area contributed by atoms with E-state index in [9.17, 15) is 9.59 Å². The molecule has 0 atom stereocenters. The van der Waals surface area contributed by atoms with Crippen LogP contribution in [0, 0.1) is 0 Å². The summed E-state index contributed by atoms with van der Waals surface area (Å²) in [4.78, 5) is 22.1. The third kappa shape index (κ3) is 4.31. The van der Waals surface area contributed by atoms with Gasteiger partial charge in [0.25, 0.3) is 0 Å². The zero-order valence-electron chi connectivity index (χ0n) is 13.3. The number of benzene rings is 1. The SMILES string of the molecule is CC(C)(C)c1ccc(C(C(=O)O)C(=O)O)c(CN)c1.[H-].[Na+]. The second-order valence-electron chi connectivity index (χ2n) is 5.48. The normalized spacial score (nSPS) is 11.1. The minimum Gasteiger partial charge on any atom is -1.00 e. The minimum absolute atomic E-state index is 0. The average Bonchev–Trinajstić information content (AvgIpc) is 2.27. The molecule has 0 saturated heterocycles. The summed E-state index contributed by atoms with van der Waals surface area (Å²) in [6.45, 7) is 6.17. The predicted molar refractivity (Wildman–Crippen MR) is 72.2 cm³/mol. The number of carbonyl (C=O) groups is 2. The largest absolute Gasteiger partial charge is 1.00 e. The molecule has 0 radical (unpaired) electrons. The predicted octanol–water partition coefficient (Wildman–Crippen LogP) is -1.19. The van der Waals surface area contributed by atoms with Crippen LogP contribution < -0.4 is 35.3 Å². The van der Waals surface area contributed by atoms with Crippen LogP contribution in [0.15, 0.2) is 18.2 Å². The van der Waals surface area contributed by atoms with E-state index < -0.39 is 17.9 Å². The van der Waals surface area contributed by atoms with E-state index in [-0.39, 0.29) is 48.5 Å². The molecule has 20 heavy (non-hydrogen) atoms. The van der Waals surface area contributed by atoms with Crippen molar-refractivity contribution in [3.8, 4) is 0 Å². The number of hydrogen-bond acceptors (Lipinski definition) is 3. The molecule has 0 fully saturated rings. The summed E-state index contributed by atoms with van der Waals surface area (Å²) in [5, 5.41) is 18.0. The molecule has 1 aromatic carbocycles. The Labute approximate surface area is 142 Å². The van der Waals surface area contributed by atoms with Crippen LogP contribution in [-0.4, -0.2) is 22.2 Å². The Bertz CT molecular complexity index is 500. The van der Waals surface area contributed by atoms with Crippen LogP contribution in [-0.2, 0) is 21.5 Å². The summed E-state index contributed by atoms with van der Waals surface area (Å²) in [7, 11) is 0. The van der Waals surface area contributed by atoms with Crippen LogP contribution in [0.4, 0.5) is 0 Å². The first-order valence-electron chi connectivity index (χ1n) is 5.97. The summed E-state index contributed by atoms with van der Waals surface area (Å²) in [6.07, 6.45) is 0. The number of nitrogens with two attached hydrogens (primary N) is 1. The van der Waals surface area contributed by atoms with Gasteiger partial charge in [-0.1, -0.05) is 39.0 Å². The Kier molecular flexibility index (Phi) is 6.90. The van der Waals surface area contributed by atoms with Crippen molar-refractivity contribution in [1.29, 1.82) is 0 Å². The van der Waals surface area contributed by atoms with Gasteiger partial charge in [0.1, 0.15) is 0 Å². The molecule has 6 heteroatoms. The molecule has 0 unspecified atom stereocenters. The van der Waals surface area contributed by atoms with Crippen molar-refractivity contribution in [1.82, 2.24) is 0 Å². The fourth-order valence-electron chi connectivity index (χ4n) is 1.90. The van der Waals surface area contributed by atoms with E-state index in [1.54, 1.807) is 18.2 Å². The van der Waals surface area contributed by atoms with E-state index in [1.807, 2.05) is 20.8 Å². The molecule has 5 nitrogen and oxygen atoms in total. The topological polar surface area (TPSA) is 101 Å². The van der Waals surface area contributed by atoms with Gasteiger partial charge < -0.3 is 17.4 Å². The molecule has 0 bridgehead atoms. The summed E-state index contributed by atoms with van der Waals surface area (Å²) in [5.74, 6) is -4.34. The fourth-order valence-corrected chi connectivity index (χ4v) is 1.90. The zero-order chi connectivity index (χ0) is 14.8. The van der Waals surface area contributed by atoms with Gasteiger partial charge in [-0.25, -0.2) is 0 Å². The summed E-state index contributed by atoms with van der Waals surface area (Å²) < 4.78 is 0. The van der Waals surface area contributed by atoms with Crippen LogP contribution in [0.5, 0.6) is 0 Å². The zero-order valence-corrected chi connectivity index (χ0v) is 14.3. The molecule has 0 saturated carbocycles. The van der Waals surface area contributed by atoms with Gasteiger partial charge in [-0.3, -0.25) is 9.59 Å². The van der Waals surface area contributed by atoms with Gasteiger partial charge in [-0.2, -0.15) is 0 Å². The molecule has 106 valence electrons. The molecule has 0 amide bonds. The van der Waals surface area contributed by atoms with Crippen molar-refractivity contribution in [3.05, 3.63) is 34.9 Å². The maximum atomic E-state index is 11.1.